The number of fused-ring (bicyclic) bond motifs is 1. The molecule has 0 spiro atoms. The van der Waals surface area contributed by atoms with Crippen molar-refractivity contribution in [1.29, 1.82) is 0 Å². The van der Waals surface area contributed by atoms with Gasteiger partial charge in [-0.1, -0.05) is 12.1 Å². The van der Waals surface area contributed by atoms with Gasteiger partial charge < -0.3 is 10.3 Å². The van der Waals surface area contributed by atoms with E-state index < -0.39 is 0 Å². The summed E-state index contributed by atoms with van der Waals surface area (Å²) in [5, 5.41) is 4.01. The van der Waals surface area contributed by atoms with Crippen LogP contribution in [0.15, 0.2) is 24.3 Å². The van der Waals surface area contributed by atoms with Crippen molar-refractivity contribution in [2.45, 2.75) is 57.0 Å². The van der Waals surface area contributed by atoms with Crippen LogP contribution >= 0.6 is 0 Å². The number of hydrogen-bond donors (Lipinski definition) is 2. The predicted octanol–water partition coefficient (Wildman–Crippen LogP) is 4.18. The summed E-state index contributed by atoms with van der Waals surface area (Å²) in [6.07, 6.45) is 8.68. The van der Waals surface area contributed by atoms with Crippen LogP contribution in [0.4, 0.5) is 0 Å². The summed E-state index contributed by atoms with van der Waals surface area (Å²) >= 11 is 0. The molecule has 3 heteroatoms. The van der Waals surface area contributed by atoms with E-state index in [0.29, 0.717) is 11.6 Å². The smallest absolute Gasteiger partial charge is 0.124 e. The number of H-pyrrole nitrogens is 1. The highest BCUT2D eigenvalue weighted by Gasteiger charge is 2.51. The van der Waals surface area contributed by atoms with Crippen LogP contribution in [0.5, 0.6) is 0 Å². The Morgan fingerprint density at radius 1 is 1.09 bits per heavy atom. The van der Waals surface area contributed by atoms with Crippen molar-refractivity contribution in [3.05, 3.63) is 30.1 Å². The van der Waals surface area contributed by atoms with Gasteiger partial charge in [0, 0.05) is 5.54 Å². The van der Waals surface area contributed by atoms with Crippen molar-refractivity contribution in [1.82, 2.24) is 15.3 Å². The number of nitrogens with zero attached hydrogens (tertiary/aromatic N) is 1. The number of aromatic amines is 1. The molecule has 116 valence electrons. The monoisotopic (exact) mass is 295 g/mol. The molecule has 1 aromatic carbocycles. The molecule has 1 aromatic heterocycles. The van der Waals surface area contributed by atoms with E-state index >= 15 is 0 Å². The van der Waals surface area contributed by atoms with E-state index in [1.54, 1.807) is 0 Å². The van der Waals surface area contributed by atoms with Crippen LogP contribution in [-0.4, -0.2) is 15.5 Å². The molecule has 1 atom stereocenters. The Kier molecular flexibility index (Phi) is 2.73. The summed E-state index contributed by atoms with van der Waals surface area (Å²) in [5.74, 6) is 4.06. The van der Waals surface area contributed by atoms with Gasteiger partial charge in [-0.3, -0.25) is 0 Å². The molecule has 0 saturated heterocycles. The van der Waals surface area contributed by atoms with Crippen LogP contribution < -0.4 is 5.32 Å². The topological polar surface area (TPSA) is 40.7 Å². The minimum absolute atomic E-state index is 0.309. The molecule has 1 heterocycles. The average Bonchev–Trinajstić information content (AvgIpc) is 2.89. The van der Waals surface area contributed by atoms with Gasteiger partial charge in [0.1, 0.15) is 5.82 Å². The number of imidazole rings is 1. The third-order valence-electron chi connectivity index (χ3n) is 6.38. The van der Waals surface area contributed by atoms with Crippen LogP contribution in [-0.2, 0) is 0 Å². The lowest BCUT2D eigenvalue weighted by atomic mass is 9.53. The van der Waals surface area contributed by atoms with Crippen molar-refractivity contribution in [3.8, 4) is 0 Å². The van der Waals surface area contributed by atoms with Gasteiger partial charge in [0.25, 0.3) is 0 Å². The molecule has 0 amide bonds. The Morgan fingerprint density at radius 3 is 2.36 bits per heavy atom. The zero-order valence-corrected chi connectivity index (χ0v) is 13.3. The molecule has 0 radical (unpaired) electrons. The van der Waals surface area contributed by atoms with E-state index in [1.807, 2.05) is 0 Å². The third kappa shape index (κ3) is 2.02. The van der Waals surface area contributed by atoms with Crippen LogP contribution in [0, 0.1) is 17.8 Å². The van der Waals surface area contributed by atoms with Gasteiger partial charge in [0.05, 0.1) is 17.1 Å². The maximum absolute atomic E-state index is 4.79. The van der Waals surface area contributed by atoms with Crippen molar-refractivity contribution < 1.29 is 0 Å². The maximum Gasteiger partial charge on any atom is 0.124 e. The SMILES string of the molecule is CC(NC12CC3CC(CC(C3)C1)C2)c1nc2ccccc2[nH]1. The minimum atomic E-state index is 0.309. The third-order valence-corrected chi connectivity index (χ3v) is 6.38. The highest BCUT2D eigenvalue weighted by Crippen LogP contribution is 2.56. The predicted molar refractivity (Wildman–Crippen MR) is 88.5 cm³/mol. The van der Waals surface area contributed by atoms with Gasteiger partial charge in [-0.15, -0.1) is 0 Å². The molecule has 4 aliphatic rings. The molecule has 4 aliphatic carbocycles. The molecule has 4 bridgehead atoms. The van der Waals surface area contributed by atoms with Gasteiger partial charge in [0.15, 0.2) is 0 Å². The zero-order chi connectivity index (χ0) is 14.7. The van der Waals surface area contributed by atoms with Gasteiger partial charge in [-0.25, -0.2) is 4.98 Å². The molecular formula is C19H25N3. The fourth-order valence-electron chi connectivity index (χ4n) is 5.99. The number of para-hydroxylation sites is 2. The number of benzene rings is 1. The second-order valence-corrected chi connectivity index (χ2v) is 8.20. The van der Waals surface area contributed by atoms with E-state index in [0.717, 1.165) is 34.6 Å². The van der Waals surface area contributed by atoms with Crippen LogP contribution in [0.1, 0.15) is 57.3 Å². The molecule has 4 fully saturated rings. The normalized spacial score (nSPS) is 37.8. The fourth-order valence-corrected chi connectivity index (χ4v) is 5.99. The maximum atomic E-state index is 4.79. The number of nitrogens with one attached hydrogen (secondary N) is 2. The Morgan fingerprint density at radius 2 is 1.73 bits per heavy atom. The van der Waals surface area contributed by atoms with Gasteiger partial charge >= 0.3 is 0 Å². The standard InChI is InChI=1S/C19H25N3/c1-12(18-20-16-4-2-3-5-17(16)21-18)22-19-9-13-6-14(10-19)8-15(7-13)11-19/h2-5,12-15,22H,6-11H2,1H3,(H,20,21). The molecule has 0 aliphatic heterocycles. The second-order valence-electron chi connectivity index (χ2n) is 8.20. The van der Waals surface area contributed by atoms with Crippen molar-refractivity contribution in [2.24, 2.45) is 17.8 Å². The summed E-state index contributed by atoms with van der Waals surface area (Å²) in [5.41, 5.74) is 2.63. The molecular weight excluding hydrogens is 270 g/mol. The van der Waals surface area contributed by atoms with Gasteiger partial charge in [-0.2, -0.15) is 0 Å². The largest absolute Gasteiger partial charge is 0.341 e. The highest BCUT2D eigenvalue weighted by atomic mass is 15.1. The molecule has 2 N–H and O–H groups in total. The first-order valence-corrected chi connectivity index (χ1v) is 8.91. The molecule has 4 saturated carbocycles. The second kappa shape index (κ2) is 4.58. The summed E-state index contributed by atoms with van der Waals surface area (Å²) in [6, 6.07) is 8.64. The fraction of sp³-hybridized carbons (Fsp3) is 0.632. The molecule has 2 aromatic rings. The molecule has 22 heavy (non-hydrogen) atoms. The van der Waals surface area contributed by atoms with E-state index in [1.165, 1.54) is 38.5 Å². The summed E-state index contributed by atoms with van der Waals surface area (Å²) < 4.78 is 0. The summed E-state index contributed by atoms with van der Waals surface area (Å²) in [6.45, 7) is 2.27. The Balaban J connectivity index is 1.41. The number of aromatic nitrogens is 2. The Labute approximate surface area is 131 Å². The molecule has 1 unspecified atom stereocenters. The Hall–Kier alpha value is -1.35. The quantitative estimate of drug-likeness (QED) is 0.891. The summed E-state index contributed by atoms with van der Waals surface area (Å²) in [4.78, 5) is 8.30. The zero-order valence-electron chi connectivity index (χ0n) is 13.3. The van der Waals surface area contributed by atoms with Crippen molar-refractivity contribution in [2.75, 3.05) is 0 Å². The van der Waals surface area contributed by atoms with E-state index in [2.05, 4.69) is 41.5 Å². The van der Waals surface area contributed by atoms with E-state index in [9.17, 15) is 0 Å². The van der Waals surface area contributed by atoms with Crippen LogP contribution in [0.25, 0.3) is 11.0 Å². The van der Waals surface area contributed by atoms with Crippen molar-refractivity contribution >= 4 is 11.0 Å². The first-order chi connectivity index (χ1) is 10.7. The number of hydrogen-bond acceptors (Lipinski definition) is 2. The average molecular weight is 295 g/mol. The van der Waals surface area contributed by atoms with Crippen molar-refractivity contribution in [3.63, 3.8) is 0 Å². The molecule has 6 rings (SSSR count). The lowest BCUT2D eigenvalue weighted by Gasteiger charge is -2.57. The van der Waals surface area contributed by atoms with Gasteiger partial charge in [0.2, 0.25) is 0 Å². The molecule has 3 nitrogen and oxygen atoms in total. The lowest BCUT2D eigenvalue weighted by Crippen LogP contribution is -2.58. The van der Waals surface area contributed by atoms with Gasteiger partial charge in [-0.05, 0) is 75.3 Å². The lowest BCUT2D eigenvalue weighted by molar-refractivity contribution is -0.0249. The first kappa shape index (κ1) is 13.1. The van der Waals surface area contributed by atoms with Crippen LogP contribution in [0.3, 0.4) is 0 Å². The number of rotatable bonds is 3. The Bertz CT molecular complexity index is 633. The van der Waals surface area contributed by atoms with E-state index in [-0.39, 0.29) is 0 Å². The first-order valence-electron chi connectivity index (χ1n) is 8.91. The van der Waals surface area contributed by atoms with Crippen LogP contribution in [0.2, 0.25) is 0 Å². The summed E-state index contributed by atoms with van der Waals surface area (Å²) in [7, 11) is 0. The van der Waals surface area contributed by atoms with E-state index in [4.69, 9.17) is 4.98 Å². The highest BCUT2D eigenvalue weighted by molar-refractivity contribution is 5.74. The minimum Gasteiger partial charge on any atom is -0.341 e.